The van der Waals surface area contributed by atoms with E-state index < -0.39 is 6.03 Å². The number of hydrogen-bond donors (Lipinski definition) is 2. The largest absolute Gasteiger partial charge is 0.486 e. The standard InChI is InChI=1S/C22H17Br2ClFN3O2/c1-13-8-17(6-7-18(13)23)28-22(30)29-27-11-15-9-19(24)21(20(25)10-15)31-12-14-2-4-16(26)5-3-14/h2-11H,12H2,1H3,(H2,28,29,30)/b27-11+. The lowest BCUT2D eigenvalue weighted by atomic mass is 10.2. The number of hydrogen-bond acceptors (Lipinski definition) is 3. The molecule has 3 rings (SSSR count). The number of ether oxygens (including phenoxy) is 1. The van der Waals surface area contributed by atoms with Gasteiger partial charge < -0.3 is 10.1 Å². The second kappa shape index (κ2) is 10.7. The Labute approximate surface area is 200 Å². The Morgan fingerprint density at radius 3 is 2.55 bits per heavy atom. The van der Waals surface area contributed by atoms with Crippen LogP contribution in [-0.2, 0) is 6.61 Å². The number of benzene rings is 3. The number of amides is 2. The Balaban J connectivity index is 1.58. The van der Waals surface area contributed by atoms with Crippen molar-refractivity contribution < 1.29 is 13.9 Å². The average Bonchev–Trinajstić information content (AvgIpc) is 2.71. The minimum Gasteiger partial charge on any atom is -0.486 e. The second-order valence-electron chi connectivity index (χ2n) is 6.52. The highest BCUT2D eigenvalue weighted by molar-refractivity contribution is 9.10. The Kier molecular flexibility index (Phi) is 8.06. The van der Waals surface area contributed by atoms with Gasteiger partial charge >= 0.3 is 6.03 Å². The van der Waals surface area contributed by atoms with Gasteiger partial charge in [-0.25, -0.2) is 14.6 Å². The van der Waals surface area contributed by atoms with Crippen LogP contribution in [0.2, 0.25) is 5.02 Å². The molecule has 5 nitrogen and oxygen atoms in total. The lowest BCUT2D eigenvalue weighted by molar-refractivity contribution is 0.252. The molecule has 0 aromatic heterocycles. The van der Waals surface area contributed by atoms with Gasteiger partial charge in [0.2, 0.25) is 0 Å². The smallest absolute Gasteiger partial charge is 0.339 e. The van der Waals surface area contributed by atoms with Crippen LogP contribution in [0, 0.1) is 12.7 Å². The molecule has 2 N–H and O–H groups in total. The topological polar surface area (TPSA) is 62.7 Å². The van der Waals surface area contributed by atoms with Gasteiger partial charge in [0.25, 0.3) is 0 Å². The summed E-state index contributed by atoms with van der Waals surface area (Å²) in [5.41, 5.74) is 5.53. The fraction of sp³-hybridized carbons (Fsp3) is 0.0909. The first kappa shape index (κ1) is 23.2. The first-order valence-electron chi connectivity index (χ1n) is 9.04. The van der Waals surface area contributed by atoms with Crippen LogP contribution < -0.4 is 15.5 Å². The van der Waals surface area contributed by atoms with Gasteiger partial charge in [-0.05, 0) is 82.0 Å². The molecule has 0 aliphatic rings. The zero-order chi connectivity index (χ0) is 22.4. The van der Waals surface area contributed by atoms with Gasteiger partial charge in [-0.1, -0.05) is 39.7 Å². The van der Waals surface area contributed by atoms with Crippen LogP contribution in [0.4, 0.5) is 14.9 Å². The van der Waals surface area contributed by atoms with E-state index in [0.717, 1.165) is 15.6 Å². The zero-order valence-corrected chi connectivity index (χ0v) is 20.2. The van der Waals surface area contributed by atoms with Crippen LogP contribution in [-0.4, -0.2) is 12.2 Å². The lowest BCUT2D eigenvalue weighted by Gasteiger charge is -2.11. The normalized spacial score (nSPS) is 10.9. The van der Waals surface area contributed by atoms with E-state index in [1.54, 1.807) is 30.3 Å². The van der Waals surface area contributed by atoms with Crippen molar-refractivity contribution in [2.75, 3.05) is 5.32 Å². The summed E-state index contributed by atoms with van der Waals surface area (Å²) in [6, 6.07) is 14.5. The molecule has 9 heteroatoms. The third kappa shape index (κ3) is 6.78. The van der Waals surface area contributed by atoms with E-state index >= 15 is 0 Å². The Hall–Kier alpha value is -2.42. The third-order valence-electron chi connectivity index (χ3n) is 4.11. The van der Waals surface area contributed by atoms with Gasteiger partial charge in [0.05, 0.1) is 15.7 Å². The first-order valence-corrected chi connectivity index (χ1v) is 11.0. The molecule has 0 aliphatic carbocycles. The van der Waals surface area contributed by atoms with E-state index in [1.807, 2.05) is 19.1 Å². The molecule has 0 saturated heterocycles. The molecule has 0 fully saturated rings. The average molecular weight is 570 g/mol. The highest BCUT2D eigenvalue weighted by atomic mass is 79.9. The Bertz CT molecular complexity index is 1100. The summed E-state index contributed by atoms with van der Waals surface area (Å²) in [5, 5.41) is 7.01. The van der Waals surface area contributed by atoms with Crippen molar-refractivity contribution in [1.29, 1.82) is 0 Å². The van der Waals surface area contributed by atoms with Crippen molar-refractivity contribution >= 4 is 61.4 Å². The molecule has 3 aromatic rings. The summed E-state index contributed by atoms with van der Waals surface area (Å²) in [6.07, 6.45) is 1.47. The highest BCUT2D eigenvalue weighted by Gasteiger charge is 2.10. The molecule has 0 radical (unpaired) electrons. The third-order valence-corrected chi connectivity index (χ3v) is 5.87. The number of urea groups is 1. The minimum atomic E-state index is -0.470. The van der Waals surface area contributed by atoms with E-state index in [-0.39, 0.29) is 12.4 Å². The van der Waals surface area contributed by atoms with Crippen LogP contribution in [0.1, 0.15) is 16.7 Å². The van der Waals surface area contributed by atoms with Crippen molar-refractivity contribution in [3.63, 3.8) is 0 Å². The van der Waals surface area contributed by atoms with Crippen LogP contribution in [0.15, 0.2) is 68.6 Å². The molecule has 31 heavy (non-hydrogen) atoms. The van der Waals surface area contributed by atoms with Crippen molar-refractivity contribution in [1.82, 2.24) is 5.43 Å². The van der Waals surface area contributed by atoms with Crippen LogP contribution in [0.3, 0.4) is 0 Å². The molecule has 0 bridgehead atoms. The monoisotopic (exact) mass is 567 g/mol. The van der Waals surface area contributed by atoms with Crippen LogP contribution in [0.25, 0.3) is 0 Å². The maximum Gasteiger partial charge on any atom is 0.339 e. The molecule has 3 aromatic carbocycles. The quantitative estimate of drug-likeness (QED) is 0.247. The minimum absolute atomic E-state index is 0.239. The van der Waals surface area contributed by atoms with Crippen molar-refractivity contribution in [2.24, 2.45) is 5.10 Å². The maximum absolute atomic E-state index is 13.0. The Morgan fingerprint density at radius 2 is 1.87 bits per heavy atom. The fourth-order valence-electron chi connectivity index (χ4n) is 2.57. The second-order valence-corrected chi connectivity index (χ2v) is 8.63. The molecule has 2 amide bonds. The molecule has 0 spiro atoms. The molecule has 0 saturated carbocycles. The van der Waals surface area contributed by atoms with Gasteiger partial charge in [-0.3, -0.25) is 0 Å². The van der Waals surface area contributed by atoms with Gasteiger partial charge in [-0.15, -0.1) is 0 Å². The number of rotatable bonds is 6. The number of carbonyl (C=O) groups excluding carboxylic acids is 1. The van der Waals surface area contributed by atoms with E-state index in [2.05, 4.69) is 47.7 Å². The molecule has 0 atom stereocenters. The van der Waals surface area contributed by atoms with Crippen molar-refractivity contribution in [2.45, 2.75) is 13.5 Å². The summed E-state index contributed by atoms with van der Waals surface area (Å²) in [6.45, 7) is 2.17. The maximum atomic E-state index is 13.0. The SMILES string of the molecule is Cc1cc(NC(=O)N/N=C/c2cc(Cl)c(OCc3ccc(F)cc3)c(Br)c2)ccc1Br. The predicted molar refractivity (Wildman–Crippen MR) is 129 cm³/mol. The molecular formula is C22H17Br2ClFN3O2. The van der Waals surface area contributed by atoms with E-state index in [4.69, 9.17) is 16.3 Å². The fourth-order valence-corrected chi connectivity index (χ4v) is 3.81. The first-order chi connectivity index (χ1) is 14.8. The number of aryl methyl sites for hydroxylation is 1. The molecule has 0 unspecified atom stereocenters. The number of halogens is 4. The van der Waals surface area contributed by atoms with Gasteiger partial charge in [0, 0.05) is 10.2 Å². The highest BCUT2D eigenvalue weighted by Crippen LogP contribution is 2.34. The number of carbonyl (C=O) groups is 1. The van der Waals surface area contributed by atoms with E-state index in [9.17, 15) is 9.18 Å². The van der Waals surface area contributed by atoms with E-state index in [0.29, 0.717) is 26.5 Å². The molecule has 160 valence electrons. The summed E-state index contributed by atoms with van der Waals surface area (Å²) in [4.78, 5) is 12.0. The summed E-state index contributed by atoms with van der Waals surface area (Å²) < 4.78 is 20.3. The lowest BCUT2D eigenvalue weighted by Crippen LogP contribution is -2.24. The van der Waals surface area contributed by atoms with E-state index in [1.165, 1.54) is 18.3 Å². The molecular weight excluding hydrogens is 553 g/mol. The van der Waals surface area contributed by atoms with Crippen LogP contribution >= 0.6 is 43.5 Å². The number of nitrogens with zero attached hydrogens (tertiary/aromatic N) is 1. The number of hydrazone groups is 1. The number of nitrogens with one attached hydrogen (secondary N) is 2. The summed E-state index contributed by atoms with van der Waals surface area (Å²) in [5.74, 6) is 0.153. The summed E-state index contributed by atoms with van der Waals surface area (Å²) >= 11 is 13.2. The Morgan fingerprint density at radius 1 is 1.13 bits per heavy atom. The zero-order valence-electron chi connectivity index (χ0n) is 16.3. The summed E-state index contributed by atoms with van der Waals surface area (Å²) in [7, 11) is 0. The van der Waals surface area contributed by atoms with Gasteiger partial charge in [0.1, 0.15) is 12.4 Å². The van der Waals surface area contributed by atoms with Crippen LogP contribution in [0.5, 0.6) is 5.75 Å². The van der Waals surface area contributed by atoms with Gasteiger partial charge in [0.15, 0.2) is 5.75 Å². The molecule has 0 aliphatic heterocycles. The van der Waals surface area contributed by atoms with Crippen molar-refractivity contribution in [3.8, 4) is 5.75 Å². The van der Waals surface area contributed by atoms with Crippen molar-refractivity contribution in [3.05, 3.63) is 91.1 Å². The number of anilines is 1. The molecule has 0 heterocycles. The van der Waals surface area contributed by atoms with Gasteiger partial charge in [-0.2, -0.15) is 5.10 Å². The predicted octanol–water partition coefficient (Wildman–Crippen LogP) is 7.05.